The van der Waals surface area contributed by atoms with Gasteiger partial charge in [-0.2, -0.15) is 0 Å². The molecule has 0 aliphatic carbocycles. The number of allylic oxidation sites excluding steroid dienone is 6. The number of ether oxygens (including phenoxy) is 2. The van der Waals surface area contributed by atoms with E-state index in [9.17, 15) is 19.0 Å². The number of nitrogens with two attached hydrogens (primary N) is 1. The minimum atomic E-state index is -4.38. The molecule has 0 fully saturated rings. The van der Waals surface area contributed by atoms with Crippen LogP contribution in [0.15, 0.2) is 36.5 Å². The number of carbonyl (C=O) groups excluding carboxylic acids is 2. The Kier molecular flexibility index (Phi) is 34.7. The van der Waals surface area contributed by atoms with Gasteiger partial charge in [0.2, 0.25) is 0 Å². The lowest BCUT2D eigenvalue weighted by Crippen LogP contribution is -2.29. The molecule has 0 heterocycles. The molecule has 0 aromatic heterocycles. The summed E-state index contributed by atoms with van der Waals surface area (Å²) < 4.78 is 32.6. The predicted octanol–water partition coefficient (Wildman–Crippen LogP) is 10.6. The van der Waals surface area contributed by atoms with Gasteiger partial charge in [0.05, 0.1) is 13.2 Å². The van der Waals surface area contributed by atoms with Gasteiger partial charge in [-0.1, -0.05) is 140 Å². The van der Waals surface area contributed by atoms with Crippen molar-refractivity contribution in [3.05, 3.63) is 36.5 Å². The number of hydrogen-bond acceptors (Lipinski definition) is 8. The van der Waals surface area contributed by atoms with Gasteiger partial charge in [-0.05, 0) is 51.4 Å². The molecule has 0 aromatic rings. The van der Waals surface area contributed by atoms with Gasteiger partial charge in [0.1, 0.15) is 6.61 Å². The Morgan fingerprint density at radius 2 is 1.06 bits per heavy atom. The summed E-state index contributed by atoms with van der Waals surface area (Å²) in [6.45, 7) is 3.65. The summed E-state index contributed by atoms with van der Waals surface area (Å²) in [5.74, 6) is -0.873. The third-order valence-electron chi connectivity index (χ3n) is 8.03. The zero-order valence-electron chi connectivity index (χ0n) is 31.2. The number of rotatable bonds is 36. The molecule has 2 atom stereocenters. The van der Waals surface area contributed by atoms with Gasteiger partial charge in [-0.25, -0.2) is 4.57 Å². The maximum absolute atomic E-state index is 12.5. The molecule has 0 bridgehead atoms. The van der Waals surface area contributed by atoms with E-state index in [1.54, 1.807) is 0 Å². The smallest absolute Gasteiger partial charge is 0.462 e. The Balaban J connectivity index is 4.29. The fourth-order valence-electron chi connectivity index (χ4n) is 5.11. The molecule has 0 aromatic carbocycles. The molecule has 3 N–H and O–H groups in total. The first kappa shape index (κ1) is 47.2. The van der Waals surface area contributed by atoms with Crippen molar-refractivity contribution in [2.24, 2.45) is 5.73 Å². The zero-order valence-corrected chi connectivity index (χ0v) is 32.1. The van der Waals surface area contributed by atoms with Gasteiger partial charge in [-0.15, -0.1) is 0 Å². The first-order chi connectivity index (χ1) is 23.8. The first-order valence-corrected chi connectivity index (χ1v) is 21.0. The molecule has 49 heavy (non-hydrogen) atoms. The lowest BCUT2D eigenvalue weighted by molar-refractivity contribution is -0.161. The van der Waals surface area contributed by atoms with Gasteiger partial charge in [-0.3, -0.25) is 18.6 Å². The van der Waals surface area contributed by atoms with E-state index >= 15 is 0 Å². The lowest BCUT2D eigenvalue weighted by Gasteiger charge is -2.19. The number of esters is 2. The normalized spacial score (nSPS) is 13.8. The SMILES string of the molecule is CCCCC/C=C\C/C=C\C/C=C\CCCCC(=O)O[C@H](COC(=O)CCCCCCCCCCCCCCC)COP(=O)(O)OCCN. The molecule has 0 saturated heterocycles. The summed E-state index contributed by atoms with van der Waals surface area (Å²) >= 11 is 0. The van der Waals surface area contributed by atoms with E-state index in [0.29, 0.717) is 6.42 Å². The van der Waals surface area contributed by atoms with Crippen molar-refractivity contribution in [2.75, 3.05) is 26.4 Å². The van der Waals surface area contributed by atoms with Crippen LogP contribution in [0.1, 0.15) is 168 Å². The van der Waals surface area contributed by atoms with E-state index in [1.807, 2.05) is 0 Å². The summed E-state index contributed by atoms with van der Waals surface area (Å²) in [5.41, 5.74) is 5.33. The highest BCUT2D eigenvalue weighted by molar-refractivity contribution is 7.47. The Labute approximate surface area is 299 Å². The average molecular weight is 714 g/mol. The molecule has 286 valence electrons. The number of phosphoric ester groups is 1. The molecule has 0 spiro atoms. The van der Waals surface area contributed by atoms with Crippen LogP contribution in [0.2, 0.25) is 0 Å². The summed E-state index contributed by atoms with van der Waals surface area (Å²) in [6, 6.07) is 0. The van der Waals surface area contributed by atoms with Crippen molar-refractivity contribution < 1.29 is 37.6 Å². The van der Waals surface area contributed by atoms with E-state index in [-0.39, 0.29) is 32.6 Å². The Morgan fingerprint density at radius 3 is 1.61 bits per heavy atom. The van der Waals surface area contributed by atoms with Crippen LogP contribution in [0.3, 0.4) is 0 Å². The minimum absolute atomic E-state index is 0.0475. The van der Waals surface area contributed by atoms with Crippen molar-refractivity contribution in [3.8, 4) is 0 Å². The standard InChI is InChI=1S/C39H72NO8P/c1-3-5-7-9-11-13-15-17-18-20-22-24-26-28-30-32-39(42)48-37(36-47-49(43,44)46-34-33-40)35-45-38(41)31-29-27-25-23-21-19-16-14-12-10-8-6-4-2/h11,13,17-18,22,24,37H,3-10,12,14-16,19-21,23,25-36,40H2,1-2H3,(H,43,44)/b13-11-,18-17-,24-22-/t37-/m1/s1. The second-order valence-corrected chi connectivity index (χ2v) is 14.3. The highest BCUT2D eigenvalue weighted by atomic mass is 31.2. The summed E-state index contributed by atoms with van der Waals surface area (Å²) in [6.07, 6.45) is 37.4. The molecule has 0 amide bonds. The van der Waals surface area contributed by atoms with Crippen LogP contribution >= 0.6 is 7.82 Å². The van der Waals surface area contributed by atoms with Crippen LogP contribution in [0, 0.1) is 0 Å². The third-order valence-corrected chi connectivity index (χ3v) is 9.01. The van der Waals surface area contributed by atoms with Gasteiger partial charge < -0.3 is 20.1 Å². The van der Waals surface area contributed by atoms with Crippen LogP contribution in [0.4, 0.5) is 0 Å². The molecule has 0 aliphatic heterocycles. The van der Waals surface area contributed by atoms with Crippen LogP contribution in [0.5, 0.6) is 0 Å². The minimum Gasteiger partial charge on any atom is -0.462 e. The Morgan fingerprint density at radius 1 is 0.612 bits per heavy atom. The number of carbonyl (C=O) groups is 2. The van der Waals surface area contributed by atoms with Crippen molar-refractivity contribution in [1.82, 2.24) is 0 Å². The van der Waals surface area contributed by atoms with E-state index in [4.69, 9.17) is 24.3 Å². The zero-order chi connectivity index (χ0) is 36.1. The topological polar surface area (TPSA) is 134 Å². The van der Waals surface area contributed by atoms with Gasteiger partial charge in [0.15, 0.2) is 6.10 Å². The van der Waals surface area contributed by atoms with Crippen LogP contribution in [-0.2, 0) is 32.7 Å². The largest absolute Gasteiger partial charge is 0.472 e. The monoisotopic (exact) mass is 713 g/mol. The Bertz CT molecular complexity index is 907. The summed E-state index contributed by atoms with van der Waals surface area (Å²) in [5, 5.41) is 0. The number of phosphoric acid groups is 1. The second kappa shape index (κ2) is 36.0. The maximum Gasteiger partial charge on any atom is 0.472 e. The van der Waals surface area contributed by atoms with Gasteiger partial charge >= 0.3 is 19.8 Å². The highest BCUT2D eigenvalue weighted by Crippen LogP contribution is 2.43. The lowest BCUT2D eigenvalue weighted by atomic mass is 10.0. The van der Waals surface area contributed by atoms with Crippen molar-refractivity contribution in [3.63, 3.8) is 0 Å². The Hall–Kier alpha value is -1.77. The first-order valence-electron chi connectivity index (χ1n) is 19.5. The maximum atomic E-state index is 12.5. The van der Waals surface area contributed by atoms with Crippen molar-refractivity contribution >= 4 is 19.8 Å². The molecule has 0 saturated carbocycles. The molecule has 1 unspecified atom stereocenters. The van der Waals surface area contributed by atoms with Gasteiger partial charge in [0.25, 0.3) is 0 Å². The summed E-state index contributed by atoms with van der Waals surface area (Å²) in [7, 11) is -4.38. The van der Waals surface area contributed by atoms with Crippen molar-refractivity contribution in [2.45, 2.75) is 174 Å². The van der Waals surface area contributed by atoms with Crippen LogP contribution in [-0.4, -0.2) is 49.3 Å². The number of unbranched alkanes of at least 4 members (excludes halogenated alkanes) is 17. The van der Waals surface area contributed by atoms with Gasteiger partial charge in [0, 0.05) is 19.4 Å². The average Bonchev–Trinajstić information content (AvgIpc) is 3.08. The highest BCUT2D eigenvalue weighted by Gasteiger charge is 2.25. The molecular weight excluding hydrogens is 641 g/mol. The second-order valence-electron chi connectivity index (χ2n) is 12.8. The van der Waals surface area contributed by atoms with E-state index in [0.717, 1.165) is 51.4 Å². The molecule has 9 nitrogen and oxygen atoms in total. The van der Waals surface area contributed by atoms with Crippen molar-refractivity contribution in [1.29, 1.82) is 0 Å². The molecular formula is C39H72NO8P. The van der Waals surface area contributed by atoms with E-state index in [2.05, 4.69) is 50.3 Å². The quantitative estimate of drug-likeness (QED) is 0.0281. The third kappa shape index (κ3) is 35.8. The van der Waals surface area contributed by atoms with Crippen LogP contribution < -0.4 is 5.73 Å². The van der Waals surface area contributed by atoms with E-state index < -0.39 is 32.5 Å². The molecule has 0 radical (unpaired) electrons. The number of hydrogen-bond donors (Lipinski definition) is 2. The fourth-order valence-corrected chi connectivity index (χ4v) is 5.88. The molecule has 10 heteroatoms. The fraction of sp³-hybridized carbons (Fsp3) is 0.795. The predicted molar refractivity (Wildman–Crippen MR) is 201 cm³/mol. The molecule has 0 rings (SSSR count). The van der Waals surface area contributed by atoms with E-state index in [1.165, 1.54) is 83.5 Å². The molecule has 0 aliphatic rings. The van der Waals surface area contributed by atoms with Crippen LogP contribution in [0.25, 0.3) is 0 Å². The summed E-state index contributed by atoms with van der Waals surface area (Å²) in [4.78, 5) is 34.7.